The number of allylic oxidation sites excluding steroid dienone is 2. The minimum Gasteiger partial charge on any atom is -0.359 e. The molecule has 15 heavy (non-hydrogen) atoms. The van der Waals surface area contributed by atoms with Crippen molar-refractivity contribution in [3.8, 4) is 0 Å². The monoisotopic (exact) mass is 208 g/mol. The molecule has 0 fully saturated rings. The summed E-state index contributed by atoms with van der Waals surface area (Å²) in [4.78, 5) is 11.5. The zero-order chi connectivity index (χ0) is 10.9. The Balaban J connectivity index is 2.09. The molecular formula is C12H16O3. The van der Waals surface area contributed by atoms with E-state index in [2.05, 4.69) is 6.08 Å². The van der Waals surface area contributed by atoms with Gasteiger partial charge < -0.3 is 9.47 Å². The van der Waals surface area contributed by atoms with Gasteiger partial charge in [-0.05, 0) is 19.4 Å². The fourth-order valence-electron chi connectivity index (χ4n) is 2.42. The Kier molecular flexibility index (Phi) is 2.76. The molecule has 0 aromatic heterocycles. The molecule has 0 aromatic rings. The summed E-state index contributed by atoms with van der Waals surface area (Å²) in [6, 6.07) is 0. The second kappa shape index (κ2) is 3.91. The zero-order valence-electron chi connectivity index (χ0n) is 9.16. The van der Waals surface area contributed by atoms with Gasteiger partial charge >= 0.3 is 0 Å². The van der Waals surface area contributed by atoms with Crippen LogP contribution in [0.5, 0.6) is 0 Å². The highest BCUT2D eigenvalue weighted by atomic mass is 16.7. The van der Waals surface area contributed by atoms with Gasteiger partial charge in [0.15, 0.2) is 5.78 Å². The van der Waals surface area contributed by atoms with Crippen LogP contribution in [0.25, 0.3) is 0 Å². The maximum atomic E-state index is 11.5. The summed E-state index contributed by atoms with van der Waals surface area (Å²) in [6.07, 6.45) is 6.68. The number of carbonyl (C=O) groups is 1. The minimum absolute atomic E-state index is 0.0683. The first-order valence-electron chi connectivity index (χ1n) is 5.16. The summed E-state index contributed by atoms with van der Waals surface area (Å²) < 4.78 is 10.2. The number of ether oxygens (including phenoxy) is 2. The predicted octanol–water partition coefficient (Wildman–Crippen LogP) is 1.70. The predicted molar refractivity (Wildman–Crippen MR) is 56.3 cm³/mol. The summed E-state index contributed by atoms with van der Waals surface area (Å²) in [5.74, 6) is 0.310. The molecule has 82 valence electrons. The summed E-state index contributed by atoms with van der Waals surface area (Å²) >= 11 is 0. The third-order valence-corrected chi connectivity index (χ3v) is 3.14. The summed E-state index contributed by atoms with van der Waals surface area (Å²) in [5.41, 5.74) is 1.10. The Morgan fingerprint density at radius 1 is 1.60 bits per heavy atom. The first kappa shape index (κ1) is 10.6. The number of rotatable bonds is 4. The van der Waals surface area contributed by atoms with Gasteiger partial charge in [0, 0.05) is 18.4 Å². The van der Waals surface area contributed by atoms with Crippen molar-refractivity contribution in [3.63, 3.8) is 0 Å². The average molecular weight is 208 g/mol. The highest BCUT2D eigenvalue weighted by Crippen LogP contribution is 2.45. The van der Waals surface area contributed by atoms with Crippen LogP contribution >= 0.6 is 0 Å². The van der Waals surface area contributed by atoms with E-state index in [0.717, 1.165) is 6.42 Å². The smallest absolute Gasteiger partial charge is 0.162 e. The molecular weight excluding hydrogens is 192 g/mol. The second-order valence-electron chi connectivity index (χ2n) is 4.37. The van der Waals surface area contributed by atoms with Crippen molar-refractivity contribution < 1.29 is 14.3 Å². The van der Waals surface area contributed by atoms with Crippen molar-refractivity contribution >= 4 is 5.78 Å². The van der Waals surface area contributed by atoms with Crippen LogP contribution in [0, 0.1) is 11.3 Å². The fourth-order valence-corrected chi connectivity index (χ4v) is 2.42. The van der Waals surface area contributed by atoms with Gasteiger partial charge in [-0.25, -0.2) is 0 Å². The SMILES string of the molecule is COCOC[C@]12C=CC(=O)[C@H](C1)C(C)=C2. The van der Waals surface area contributed by atoms with Crippen LogP contribution in [-0.2, 0) is 14.3 Å². The molecule has 2 aliphatic carbocycles. The van der Waals surface area contributed by atoms with E-state index in [9.17, 15) is 4.79 Å². The Labute approximate surface area is 89.8 Å². The molecule has 0 saturated carbocycles. The second-order valence-corrected chi connectivity index (χ2v) is 4.37. The van der Waals surface area contributed by atoms with Crippen molar-refractivity contribution in [2.24, 2.45) is 11.3 Å². The Bertz CT molecular complexity index is 330. The Hall–Kier alpha value is -0.930. The molecule has 0 N–H and O–H groups in total. The van der Waals surface area contributed by atoms with E-state index >= 15 is 0 Å². The van der Waals surface area contributed by atoms with Crippen LogP contribution in [0.4, 0.5) is 0 Å². The standard InChI is InChI=1S/C12H16O3/c1-9-5-12(7-15-8-14-2)4-3-11(13)10(9)6-12/h3-5,10H,6-8H2,1-2H3/t10-,12+/m1/s1. The number of hydrogen-bond donors (Lipinski definition) is 0. The van der Waals surface area contributed by atoms with Crippen LogP contribution in [0.2, 0.25) is 0 Å². The molecule has 0 radical (unpaired) electrons. The van der Waals surface area contributed by atoms with Crippen molar-refractivity contribution in [2.75, 3.05) is 20.5 Å². The fraction of sp³-hybridized carbons (Fsp3) is 0.583. The van der Waals surface area contributed by atoms with Crippen molar-refractivity contribution in [1.29, 1.82) is 0 Å². The van der Waals surface area contributed by atoms with Crippen molar-refractivity contribution in [1.82, 2.24) is 0 Å². The van der Waals surface area contributed by atoms with Crippen LogP contribution in [0.3, 0.4) is 0 Å². The summed E-state index contributed by atoms with van der Waals surface area (Å²) in [5, 5.41) is 0. The first-order valence-corrected chi connectivity index (χ1v) is 5.16. The number of hydrogen-bond acceptors (Lipinski definition) is 3. The van der Waals surface area contributed by atoms with E-state index in [-0.39, 0.29) is 17.1 Å². The average Bonchev–Trinajstić information content (AvgIpc) is 2.48. The summed E-state index contributed by atoms with van der Waals surface area (Å²) in [6.45, 7) is 2.92. The molecule has 0 heterocycles. The molecule has 0 unspecified atom stereocenters. The van der Waals surface area contributed by atoms with E-state index in [4.69, 9.17) is 9.47 Å². The number of fused-ring (bicyclic) bond motifs is 2. The Morgan fingerprint density at radius 2 is 2.40 bits per heavy atom. The van der Waals surface area contributed by atoms with Gasteiger partial charge in [-0.3, -0.25) is 4.79 Å². The minimum atomic E-state index is -0.0683. The topological polar surface area (TPSA) is 35.5 Å². The molecule has 2 bridgehead atoms. The molecule has 2 atom stereocenters. The van der Waals surface area contributed by atoms with Gasteiger partial charge in [-0.1, -0.05) is 17.7 Å². The van der Waals surface area contributed by atoms with Gasteiger partial charge in [-0.2, -0.15) is 0 Å². The molecule has 0 amide bonds. The molecule has 0 aliphatic heterocycles. The zero-order valence-corrected chi connectivity index (χ0v) is 9.16. The lowest BCUT2D eigenvalue weighted by Gasteiger charge is -2.27. The number of methoxy groups -OCH3 is 1. The lowest BCUT2D eigenvalue weighted by Crippen LogP contribution is -2.27. The van der Waals surface area contributed by atoms with E-state index in [0.29, 0.717) is 13.4 Å². The van der Waals surface area contributed by atoms with E-state index in [1.807, 2.05) is 13.0 Å². The van der Waals surface area contributed by atoms with Gasteiger partial charge in [0.05, 0.1) is 6.61 Å². The van der Waals surface area contributed by atoms with Crippen LogP contribution in [0.1, 0.15) is 13.3 Å². The number of ketones is 1. The van der Waals surface area contributed by atoms with E-state index in [1.54, 1.807) is 13.2 Å². The normalized spacial score (nSPS) is 33.3. The van der Waals surface area contributed by atoms with Gasteiger partial charge in [0.2, 0.25) is 0 Å². The molecule has 2 aliphatic rings. The lowest BCUT2D eigenvalue weighted by molar-refractivity contribution is -0.118. The van der Waals surface area contributed by atoms with Crippen LogP contribution in [-0.4, -0.2) is 26.3 Å². The van der Waals surface area contributed by atoms with Crippen LogP contribution in [0.15, 0.2) is 23.8 Å². The highest BCUT2D eigenvalue weighted by molar-refractivity contribution is 5.95. The highest BCUT2D eigenvalue weighted by Gasteiger charge is 2.41. The Morgan fingerprint density at radius 3 is 3.13 bits per heavy atom. The third kappa shape index (κ3) is 1.90. The summed E-state index contributed by atoms with van der Waals surface area (Å²) in [7, 11) is 1.61. The van der Waals surface area contributed by atoms with E-state index in [1.165, 1.54) is 5.57 Å². The molecule has 0 aromatic carbocycles. The third-order valence-electron chi connectivity index (χ3n) is 3.14. The lowest BCUT2D eigenvalue weighted by atomic mass is 9.80. The molecule has 0 spiro atoms. The van der Waals surface area contributed by atoms with Crippen LogP contribution < -0.4 is 0 Å². The van der Waals surface area contributed by atoms with Gasteiger partial charge in [0.25, 0.3) is 0 Å². The van der Waals surface area contributed by atoms with E-state index < -0.39 is 0 Å². The quantitative estimate of drug-likeness (QED) is 0.401. The first-order chi connectivity index (χ1) is 7.17. The van der Waals surface area contributed by atoms with Crippen molar-refractivity contribution in [2.45, 2.75) is 13.3 Å². The maximum absolute atomic E-state index is 11.5. The maximum Gasteiger partial charge on any atom is 0.162 e. The number of carbonyl (C=O) groups excluding carboxylic acids is 1. The molecule has 3 nitrogen and oxygen atoms in total. The van der Waals surface area contributed by atoms with Crippen molar-refractivity contribution in [3.05, 3.63) is 23.8 Å². The van der Waals surface area contributed by atoms with Gasteiger partial charge in [-0.15, -0.1) is 0 Å². The molecule has 0 saturated heterocycles. The molecule has 2 rings (SSSR count). The largest absolute Gasteiger partial charge is 0.359 e. The molecule has 3 heteroatoms. The van der Waals surface area contributed by atoms with Gasteiger partial charge in [0.1, 0.15) is 6.79 Å².